The summed E-state index contributed by atoms with van der Waals surface area (Å²) in [6.45, 7) is 10.2. The highest BCUT2D eigenvalue weighted by Crippen LogP contribution is 2.36. The highest BCUT2D eigenvalue weighted by Gasteiger charge is 2.51. The van der Waals surface area contributed by atoms with E-state index < -0.39 is 0 Å². The molecule has 2 aromatic rings. The third-order valence-corrected chi connectivity index (χ3v) is 4.49. The average molecular weight is 296 g/mol. The summed E-state index contributed by atoms with van der Waals surface area (Å²) in [6.07, 6.45) is 3.65. The van der Waals surface area contributed by atoms with Gasteiger partial charge in [0.05, 0.1) is 22.6 Å². The minimum atomic E-state index is -0.377. The van der Waals surface area contributed by atoms with Crippen molar-refractivity contribution in [1.29, 1.82) is 0 Å². The second-order valence-corrected chi connectivity index (χ2v) is 6.79. The van der Waals surface area contributed by atoms with E-state index in [2.05, 4.69) is 9.97 Å². The van der Waals surface area contributed by atoms with Gasteiger partial charge in [-0.25, -0.2) is 0 Å². The molecule has 0 N–H and O–H groups in total. The molecule has 0 spiro atoms. The molecule has 0 aliphatic carbocycles. The summed E-state index contributed by atoms with van der Waals surface area (Å²) >= 11 is 0. The molecule has 2 aromatic heterocycles. The van der Waals surface area contributed by atoms with E-state index in [0.717, 1.165) is 22.4 Å². The van der Waals surface area contributed by atoms with Gasteiger partial charge in [0.1, 0.15) is 0 Å². The highest BCUT2D eigenvalue weighted by molar-refractivity contribution is 6.62. The zero-order valence-electron chi connectivity index (χ0n) is 13.8. The summed E-state index contributed by atoms with van der Waals surface area (Å²) in [6, 6.07) is 7.96. The second kappa shape index (κ2) is 5.18. The number of aryl methyl sites for hydroxylation is 1. The molecule has 0 amide bonds. The Hall–Kier alpha value is -1.72. The first-order valence-electron chi connectivity index (χ1n) is 7.53. The molecule has 0 aromatic carbocycles. The number of hydrogen-bond donors (Lipinski definition) is 0. The van der Waals surface area contributed by atoms with Crippen molar-refractivity contribution < 1.29 is 9.31 Å². The fraction of sp³-hybridized carbons (Fsp3) is 0.412. The van der Waals surface area contributed by atoms with Gasteiger partial charge >= 0.3 is 7.12 Å². The van der Waals surface area contributed by atoms with Crippen molar-refractivity contribution in [2.24, 2.45) is 0 Å². The van der Waals surface area contributed by atoms with Gasteiger partial charge in [-0.2, -0.15) is 0 Å². The van der Waals surface area contributed by atoms with Crippen LogP contribution in [0.4, 0.5) is 0 Å². The Bertz CT molecular complexity index is 650. The van der Waals surface area contributed by atoms with Gasteiger partial charge < -0.3 is 9.31 Å². The maximum atomic E-state index is 6.03. The molecule has 1 saturated heterocycles. The van der Waals surface area contributed by atoms with Crippen LogP contribution in [-0.2, 0) is 9.31 Å². The van der Waals surface area contributed by atoms with Gasteiger partial charge in [0, 0.05) is 17.9 Å². The SMILES string of the molecule is Cc1ccc(-c2ccc(B3OC(C)(C)C(C)(C)O3)cn2)nc1. The normalized spacial score (nSPS) is 19.4. The van der Waals surface area contributed by atoms with Crippen molar-refractivity contribution in [3.63, 3.8) is 0 Å². The van der Waals surface area contributed by atoms with Gasteiger partial charge in [-0.05, 0) is 52.3 Å². The summed E-state index contributed by atoms with van der Waals surface area (Å²) in [7, 11) is -0.377. The summed E-state index contributed by atoms with van der Waals surface area (Å²) in [4.78, 5) is 8.89. The van der Waals surface area contributed by atoms with Crippen molar-refractivity contribution in [2.45, 2.75) is 45.8 Å². The second-order valence-electron chi connectivity index (χ2n) is 6.79. The molecule has 3 heterocycles. The van der Waals surface area contributed by atoms with Gasteiger partial charge in [-0.15, -0.1) is 0 Å². The molecule has 22 heavy (non-hydrogen) atoms. The predicted octanol–water partition coefficient (Wildman–Crippen LogP) is 2.75. The van der Waals surface area contributed by atoms with Crippen LogP contribution >= 0.6 is 0 Å². The third kappa shape index (κ3) is 2.66. The van der Waals surface area contributed by atoms with Crippen molar-refractivity contribution in [1.82, 2.24) is 9.97 Å². The highest BCUT2D eigenvalue weighted by atomic mass is 16.7. The lowest BCUT2D eigenvalue weighted by molar-refractivity contribution is 0.00578. The number of pyridine rings is 2. The number of hydrogen-bond acceptors (Lipinski definition) is 4. The average Bonchev–Trinajstić information content (AvgIpc) is 2.68. The van der Waals surface area contributed by atoms with Gasteiger partial charge in [0.15, 0.2) is 0 Å². The molecule has 0 atom stereocenters. The van der Waals surface area contributed by atoms with Gasteiger partial charge in [0.2, 0.25) is 0 Å². The van der Waals surface area contributed by atoms with E-state index in [0.29, 0.717) is 0 Å². The first kappa shape index (κ1) is 15.2. The van der Waals surface area contributed by atoms with E-state index in [1.54, 1.807) is 6.20 Å². The molecule has 4 nitrogen and oxygen atoms in total. The Balaban J connectivity index is 1.82. The van der Waals surface area contributed by atoms with Gasteiger partial charge in [-0.3, -0.25) is 9.97 Å². The largest absolute Gasteiger partial charge is 0.496 e. The Morgan fingerprint density at radius 1 is 0.818 bits per heavy atom. The lowest BCUT2D eigenvalue weighted by atomic mass is 9.80. The van der Waals surface area contributed by atoms with E-state index in [4.69, 9.17) is 9.31 Å². The molecule has 1 aliphatic heterocycles. The molecule has 3 rings (SSSR count). The number of nitrogens with zero attached hydrogens (tertiary/aromatic N) is 2. The lowest BCUT2D eigenvalue weighted by Crippen LogP contribution is -2.41. The van der Waals surface area contributed by atoms with Gasteiger partial charge in [0.25, 0.3) is 0 Å². The molecule has 0 saturated carbocycles. The van der Waals surface area contributed by atoms with Crippen LogP contribution in [-0.4, -0.2) is 28.3 Å². The van der Waals surface area contributed by atoms with Crippen LogP contribution in [0.25, 0.3) is 11.4 Å². The topological polar surface area (TPSA) is 44.2 Å². The Kier molecular flexibility index (Phi) is 3.58. The maximum Gasteiger partial charge on any atom is 0.496 e. The molecular formula is C17H21BN2O2. The molecule has 1 fully saturated rings. The number of rotatable bonds is 2. The lowest BCUT2D eigenvalue weighted by Gasteiger charge is -2.32. The van der Waals surface area contributed by atoms with Crippen LogP contribution in [0.1, 0.15) is 33.3 Å². The van der Waals surface area contributed by atoms with E-state index in [-0.39, 0.29) is 18.3 Å². The fourth-order valence-corrected chi connectivity index (χ4v) is 2.29. The minimum Gasteiger partial charge on any atom is -0.399 e. The summed E-state index contributed by atoms with van der Waals surface area (Å²) < 4.78 is 12.1. The monoisotopic (exact) mass is 296 g/mol. The van der Waals surface area contributed by atoms with E-state index in [9.17, 15) is 0 Å². The quantitative estimate of drug-likeness (QED) is 0.799. The molecule has 0 radical (unpaired) electrons. The van der Waals surface area contributed by atoms with Crippen molar-refractivity contribution in [3.8, 4) is 11.4 Å². The minimum absolute atomic E-state index is 0.338. The van der Waals surface area contributed by atoms with Crippen LogP contribution in [0.5, 0.6) is 0 Å². The van der Waals surface area contributed by atoms with Crippen LogP contribution in [0.3, 0.4) is 0 Å². The maximum absolute atomic E-state index is 6.03. The summed E-state index contributed by atoms with van der Waals surface area (Å²) in [5.74, 6) is 0. The van der Waals surface area contributed by atoms with E-state index >= 15 is 0 Å². The van der Waals surface area contributed by atoms with E-state index in [1.807, 2.05) is 65.1 Å². The van der Waals surface area contributed by atoms with Crippen molar-refractivity contribution >= 4 is 12.6 Å². The molecule has 5 heteroatoms. The zero-order chi connectivity index (χ0) is 16.0. The van der Waals surface area contributed by atoms with Crippen LogP contribution in [0.2, 0.25) is 0 Å². The van der Waals surface area contributed by atoms with Crippen molar-refractivity contribution in [3.05, 3.63) is 42.2 Å². The first-order valence-corrected chi connectivity index (χ1v) is 7.53. The Morgan fingerprint density at radius 3 is 1.82 bits per heavy atom. The molecular weight excluding hydrogens is 275 g/mol. The molecule has 114 valence electrons. The van der Waals surface area contributed by atoms with Crippen LogP contribution < -0.4 is 5.46 Å². The molecule has 0 bridgehead atoms. The molecule has 1 aliphatic rings. The van der Waals surface area contributed by atoms with Crippen LogP contribution in [0.15, 0.2) is 36.7 Å². The zero-order valence-corrected chi connectivity index (χ0v) is 13.8. The van der Waals surface area contributed by atoms with E-state index in [1.165, 1.54) is 0 Å². The number of aromatic nitrogens is 2. The van der Waals surface area contributed by atoms with Crippen molar-refractivity contribution in [2.75, 3.05) is 0 Å². The molecule has 0 unspecified atom stereocenters. The Morgan fingerprint density at radius 2 is 1.36 bits per heavy atom. The predicted molar refractivity (Wildman–Crippen MR) is 87.9 cm³/mol. The summed E-state index contributed by atoms with van der Waals surface area (Å²) in [5.41, 5.74) is 3.10. The van der Waals surface area contributed by atoms with Gasteiger partial charge in [-0.1, -0.05) is 12.1 Å². The van der Waals surface area contributed by atoms with Crippen LogP contribution in [0, 0.1) is 6.92 Å². The Labute approximate surface area is 132 Å². The first-order chi connectivity index (χ1) is 10.3. The standard InChI is InChI=1S/C17H21BN2O2/c1-12-6-8-14(19-10-12)15-9-7-13(11-20-15)18-21-16(2,3)17(4,5)22-18/h6-11H,1-5H3. The fourth-order valence-electron chi connectivity index (χ4n) is 2.29. The third-order valence-electron chi connectivity index (χ3n) is 4.49. The smallest absolute Gasteiger partial charge is 0.399 e. The summed E-state index contributed by atoms with van der Waals surface area (Å²) in [5, 5.41) is 0.